The van der Waals surface area contributed by atoms with E-state index in [4.69, 9.17) is 4.79 Å². The van der Waals surface area contributed by atoms with Crippen molar-refractivity contribution in [3.05, 3.63) is 0 Å². The zero-order valence-corrected chi connectivity index (χ0v) is 6.97. The first kappa shape index (κ1) is 9.63. The lowest BCUT2D eigenvalue weighted by Crippen LogP contribution is -2.24. The molecule has 1 aliphatic heterocycles. The SMILES string of the molecule is CC=O.CN1CCCCC1. The molecule has 1 rings (SSSR count). The lowest BCUT2D eigenvalue weighted by Gasteiger charge is -2.20. The number of carbonyl (C=O) groups excluding carboxylic acids is 1. The number of aldehydes is 1. The predicted octanol–water partition coefficient (Wildman–Crippen LogP) is 1.31. The molecule has 0 saturated carbocycles. The molecule has 0 aromatic heterocycles. The Bertz CT molecular complexity index is 77.3. The molecule has 1 fully saturated rings. The fraction of sp³-hybridized carbons (Fsp3) is 0.875. The molecule has 60 valence electrons. The Balaban J connectivity index is 0.000000236. The number of likely N-dealkylation sites (tertiary alicyclic amines) is 1. The molecule has 0 aromatic rings. The van der Waals surface area contributed by atoms with E-state index in [1.54, 1.807) is 0 Å². The Morgan fingerprint density at radius 3 is 1.80 bits per heavy atom. The van der Waals surface area contributed by atoms with Gasteiger partial charge in [0.2, 0.25) is 0 Å². The van der Waals surface area contributed by atoms with Crippen LogP contribution in [0.2, 0.25) is 0 Å². The largest absolute Gasteiger partial charge is 0.306 e. The highest BCUT2D eigenvalue weighted by molar-refractivity contribution is 5.44. The third kappa shape index (κ3) is 5.76. The van der Waals surface area contributed by atoms with Crippen LogP contribution in [0, 0.1) is 0 Å². The van der Waals surface area contributed by atoms with Crippen molar-refractivity contribution >= 4 is 6.29 Å². The minimum absolute atomic E-state index is 0.750. The van der Waals surface area contributed by atoms with Crippen LogP contribution < -0.4 is 0 Å². The van der Waals surface area contributed by atoms with Crippen molar-refractivity contribution in [1.29, 1.82) is 0 Å². The van der Waals surface area contributed by atoms with Crippen molar-refractivity contribution in [2.45, 2.75) is 26.2 Å². The molecule has 1 saturated heterocycles. The lowest BCUT2D eigenvalue weighted by atomic mass is 10.1. The van der Waals surface area contributed by atoms with E-state index in [0.29, 0.717) is 0 Å². The monoisotopic (exact) mass is 143 g/mol. The van der Waals surface area contributed by atoms with Crippen molar-refractivity contribution in [3.63, 3.8) is 0 Å². The maximum absolute atomic E-state index is 8.81. The van der Waals surface area contributed by atoms with E-state index in [-0.39, 0.29) is 0 Å². The van der Waals surface area contributed by atoms with Crippen LogP contribution in [0.3, 0.4) is 0 Å². The summed E-state index contributed by atoms with van der Waals surface area (Å²) < 4.78 is 0. The first-order valence-corrected chi connectivity index (χ1v) is 3.89. The van der Waals surface area contributed by atoms with Gasteiger partial charge in [0, 0.05) is 0 Å². The molecule has 2 heteroatoms. The van der Waals surface area contributed by atoms with Gasteiger partial charge in [0.05, 0.1) is 0 Å². The highest BCUT2D eigenvalue weighted by Crippen LogP contribution is 2.04. The highest BCUT2D eigenvalue weighted by Gasteiger charge is 2.02. The summed E-state index contributed by atoms with van der Waals surface area (Å²) in [6.45, 7) is 4.08. The zero-order chi connectivity index (χ0) is 7.82. The molecule has 0 amide bonds. The van der Waals surface area contributed by atoms with E-state index in [2.05, 4.69) is 11.9 Å². The van der Waals surface area contributed by atoms with E-state index < -0.39 is 0 Å². The number of nitrogens with zero attached hydrogens (tertiary/aromatic N) is 1. The Labute approximate surface area is 63.2 Å². The fourth-order valence-corrected chi connectivity index (χ4v) is 1.05. The van der Waals surface area contributed by atoms with Crippen LogP contribution in [0.25, 0.3) is 0 Å². The molecule has 2 nitrogen and oxygen atoms in total. The molecule has 0 aliphatic carbocycles. The van der Waals surface area contributed by atoms with Crippen molar-refractivity contribution < 1.29 is 4.79 Å². The summed E-state index contributed by atoms with van der Waals surface area (Å²) in [5.74, 6) is 0. The molecule has 0 spiro atoms. The molecule has 0 aromatic carbocycles. The van der Waals surface area contributed by atoms with Crippen molar-refractivity contribution in [1.82, 2.24) is 4.90 Å². The van der Waals surface area contributed by atoms with Gasteiger partial charge in [0.25, 0.3) is 0 Å². The number of rotatable bonds is 0. The Morgan fingerprint density at radius 2 is 1.60 bits per heavy atom. The number of hydrogen-bond donors (Lipinski definition) is 0. The Kier molecular flexibility index (Phi) is 6.50. The second-order valence-electron chi connectivity index (χ2n) is 2.60. The fourth-order valence-electron chi connectivity index (χ4n) is 1.05. The third-order valence-electron chi connectivity index (χ3n) is 1.58. The number of carbonyl (C=O) groups is 1. The van der Waals surface area contributed by atoms with Crippen molar-refractivity contribution in [2.24, 2.45) is 0 Å². The summed E-state index contributed by atoms with van der Waals surface area (Å²) in [5.41, 5.74) is 0. The number of hydrogen-bond acceptors (Lipinski definition) is 2. The normalized spacial score (nSPS) is 19.0. The second kappa shape index (κ2) is 6.75. The van der Waals surface area contributed by atoms with Gasteiger partial charge < -0.3 is 9.69 Å². The summed E-state index contributed by atoms with van der Waals surface area (Å²) in [5, 5.41) is 0. The van der Waals surface area contributed by atoms with Gasteiger partial charge in [-0.2, -0.15) is 0 Å². The minimum Gasteiger partial charge on any atom is -0.306 e. The van der Waals surface area contributed by atoms with Crippen LogP contribution in [-0.2, 0) is 4.79 Å². The molecule has 0 atom stereocenters. The molecular weight excluding hydrogens is 126 g/mol. The summed E-state index contributed by atoms with van der Waals surface area (Å²) >= 11 is 0. The van der Waals surface area contributed by atoms with Gasteiger partial charge in [-0.05, 0) is 39.9 Å². The van der Waals surface area contributed by atoms with Crippen LogP contribution in [0.4, 0.5) is 0 Å². The average Bonchev–Trinajstić information content (AvgIpc) is 1.91. The lowest BCUT2D eigenvalue weighted by molar-refractivity contribution is -0.106. The smallest absolute Gasteiger partial charge is 0.116 e. The van der Waals surface area contributed by atoms with Crippen LogP contribution in [0.5, 0.6) is 0 Å². The molecule has 0 unspecified atom stereocenters. The van der Waals surface area contributed by atoms with Gasteiger partial charge >= 0.3 is 0 Å². The third-order valence-corrected chi connectivity index (χ3v) is 1.58. The molecule has 0 radical (unpaired) electrons. The standard InChI is InChI=1S/C6H13N.C2H4O/c1-7-5-3-2-4-6-7;1-2-3/h2-6H2,1H3;2H,1H3. The van der Waals surface area contributed by atoms with E-state index >= 15 is 0 Å². The summed E-state index contributed by atoms with van der Waals surface area (Å²) in [6, 6.07) is 0. The first-order valence-electron chi connectivity index (χ1n) is 3.89. The van der Waals surface area contributed by atoms with Gasteiger partial charge in [-0.3, -0.25) is 0 Å². The number of piperidine rings is 1. The van der Waals surface area contributed by atoms with Gasteiger partial charge in [0.1, 0.15) is 6.29 Å². The maximum atomic E-state index is 8.81. The van der Waals surface area contributed by atoms with E-state index in [9.17, 15) is 0 Å². The molecule has 1 heterocycles. The van der Waals surface area contributed by atoms with Gasteiger partial charge in [0.15, 0.2) is 0 Å². The van der Waals surface area contributed by atoms with E-state index in [1.807, 2.05) is 0 Å². The van der Waals surface area contributed by atoms with Gasteiger partial charge in [-0.1, -0.05) is 6.42 Å². The summed E-state index contributed by atoms with van der Waals surface area (Å²) in [7, 11) is 2.19. The van der Waals surface area contributed by atoms with E-state index in [1.165, 1.54) is 39.3 Å². The first-order chi connectivity index (χ1) is 4.81. The van der Waals surface area contributed by atoms with Crippen LogP contribution in [0.1, 0.15) is 26.2 Å². The highest BCUT2D eigenvalue weighted by atomic mass is 16.1. The second-order valence-corrected chi connectivity index (χ2v) is 2.60. The zero-order valence-electron chi connectivity index (χ0n) is 6.97. The Hall–Kier alpha value is -0.370. The quantitative estimate of drug-likeness (QED) is 0.476. The van der Waals surface area contributed by atoms with Gasteiger partial charge in [-0.15, -0.1) is 0 Å². The summed E-state index contributed by atoms with van der Waals surface area (Å²) in [4.78, 5) is 11.2. The van der Waals surface area contributed by atoms with Crippen LogP contribution >= 0.6 is 0 Å². The maximum Gasteiger partial charge on any atom is 0.116 e. The van der Waals surface area contributed by atoms with Crippen molar-refractivity contribution in [2.75, 3.05) is 20.1 Å². The van der Waals surface area contributed by atoms with Crippen LogP contribution in [-0.4, -0.2) is 31.3 Å². The molecule has 0 N–H and O–H groups in total. The minimum atomic E-state index is 0.750. The van der Waals surface area contributed by atoms with E-state index in [0.717, 1.165) is 6.29 Å². The predicted molar refractivity (Wildman–Crippen MR) is 43.1 cm³/mol. The van der Waals surface area contributed by atoms with Gasteiger partial charge in [-0.25, -0.2) is 0 Å². The summed E-state index contributed by atoms with van der Waals surface area (Å²) in [6.07, 6.45) is 5.03. The van der Waals surface area contributed by atoms with Crippen molar-refractivity contribution in [3.8, 4) is 0 Å². The topological polar surface area (TPSA) is 20.3 Å². The Morgan fingerprint density at radius 1 is 1.20 bits per heavy atom. The van der Waals surface area contributed by atoms with Crippen LogP contribution in [0.15, 0.2) is 0 Å². The molecule has 0 bridgehead atoms. The molecular formula is C8H17NO. The molecule has 10 heavy (non-hydrogen) atoms. The molecule has 1 aliphatic rings. The average molecular weight is 143 g/mol.